The zero-order valence-electron chi connectivity index (χ0n) is 14.7. The number of ether oxygens (including phenoxy) is 2. The maximum Gasteiger partial charge on any atom is 0.239 e. The molecule has 0 spiro atoms. The second kappa shape index (κ2) is 11.1. The summed E-state index contributed by atoms with van der Waals surface area (Å²) in [5, 5.41) is 6.02. The van der Waals surface area contributed by atoms with Gasteiger partial charge in [-0.2, -0.15) is 0 Å². The molecule has 0 aliphatic rings. The Labute approximate surface area is 149 Å². The van der Waals surface area contributed by atoms with E-state index in [1.165, 1.54) is 5.56 Å². The number of amides is 1. The lowest BCUT2D eigenvalue weighted by Crippen LogP contribution is -2.31. The zero-order valence-corrected chi connectivity index (χ0v) is 14.7. The average molecular weight is 342 g/mol. The first-order valence-electron chi connectivity index (χ1n) is 8.63. The number of rotatable bonds is 11. The van der Waals surface area contributed by atoms with Crippen molar-refractivity contribution in [2.24, 2.45) is 0 Å². The van der Waals surface area contributed by atoms with E-state index in [9.17, 15) is 4.79 Å². The molecule has 2 rings (SSSR count). The molecule has 25 heavy (non-hydrogen) atoms. The number of carbonyl (C=O) groups is 1. The van der Waals surface area contributed by atoms with Gasteiger partial charge in [-0.25, -0.2) is 0 Å². The number of anilines is 1. The lowest BCUT2D eigenvalue weighted by Gasteiger charge is -2.09. The summed E-state index contributed by atoms with van der Waals surface area (Å²) in [5.74, 6) is 0.769. The first kappa shape index (κ1) is 18.8. The number of nitrogens with one attached hydrogen (secondary N) is 2. The molecular formula is C20H26N2O3. The number of hydrogen-bond donors (Lipinski definition) is 2. The molecule has 0 atom stereocenters. The summed E-state index contributed by atoms with van der Waals surface area (Å²) in [5.41, 5.74) is 2.10. The molecule has 2 aromatic rings. The Hall–Kier alpha value is -2.53. The zero-order chi connectivity index (χ0) is 17.7. The van der Waals surface area contributed by atoms with Crippen LogP contribution in [0, 0.1) is 0 Å². The van der Waals surface area contributed by atoms with Gasteiger partial charge in [-0.05, 0) is 43.2 Å². The molecule has 0 heterocycles. The van der Waals surface area contributed by atoms with Crippen LogP contribution in [0.15, 0.2) is 54.6 Å². The number of benzene rings is 2. The van der Waals surface area contributed by atoms with Crippen LogP contribution in [0.3, 0.4) is 0 Å². The van der Waals surface area contributed by atoms with E-state index in [2.05, 4.69) is 22.8 Å². The Morgan fingerprint density at radius 1 is 1.00 bits per heavy atom. The summed E-state index contributed by atoms with van der Waals surface area (Å²) in [4.78, 5) is 11.9. The van der Waals surface area contributed by atoms with E-state index in [4.69, 9.17) is 9.47 Å². The average Bonchev–Trinajstić information content (AvgIpc) is 2.65. The Bertz CT molecular complexity index is 615. The van der Waals surface area contributed by atoms with Crippen LogP contribution in [0.2, 0.25) is 0 Å². The molecule has 2 N–H and O–H groups in total. The van der Waals surface area contributed by atoms with Gasteiger partial charge in [0.2, 0.25) is 5.91 Å². The molecule has 0 aromatic heterocycles. The standard InChI is InChI=1S/C20H26N2O3/c1-2-24-14-15-25-19-10-8-18(9-11-19)22-16-20(23)21-13-12-17-6-4-3-5-7-17/h3-11,22H,2,12-16H2,1H3,(H,21,23). The van der Waals surface area contributed by atoms with Gasteiger partial charge in [0.1, 0.15) is 12.4 Å². The predicted molar refractivity (Wildman–Crippen MR) is 100 cm³/mol. The van der Waals surface area contributed by atoms with Crippen LogP contribution in [-0.4, -0.2) is 38.8 Å². The first-order chi connectivity index (χ1) is 12.3. The third kappa shape index (κ3) is 7.72. The molecule has 0 saturated carbocycles. The Morgan fingerprint density at radius 2 is 1.76 bits per heavy atom. The highest BCUT2D eigenvalue weighted by molar-refractivity contribution is 5.80. The van der Waals surface area contributed by atoms with Crippen LogP contribution in [0.25, 0.3) is 0 Å². The van der Waals surface area contributed by atoms with Gasteiger partial charge in [-0.15, -0.1) is 0 Å². The van der Waals surface area contributed by atoms with E-state index in [0.717, 1.165) is 17.9 Å². The lowest BCUT2D eigenvalue weighted by atomic mass is 10.1. The van der Waals surface area contributed by atoms with E-state index in [-0.39, 0.29) is 12.5 Å². The SMILES string of the molecule is CCOCCOc1ccc(NCC(=O)NCCc2ccccc2)cc1. The predicted octanol–water partition coefficient (Wildman–Crippen LogP) is 2.87. The highest BCUT2D eigenvalue weighted by atomic mass is 16.5. The monoisotopic (exact) mass is 342 g/mol. The molecule has 5 nitrogen and oxygen atoms in total. The van der Waals surface area contributed by atoms with Crippen molar-refractivity contribution in [3.63, 3.8) is 0 Å². The fraction of sp³-hybridized carbons (Fsp3) is 0.350. The van der Waals surface area contributed by atoms with Crippen molar-refractivity contribution in [1.82, 2.24) is 5.32 Å². The van der Waals surface area contributed by atoms with Gasteiger partial charge < -0.3 is 20.1 Å². The van der Waals surface area contributed by atoms with Crippen LogP contribution in [0.5, 0.6) is 5.75 Å². The fourth-order valence-corrected chi connectivity index (χ4v) is 2.27. The highest BCUT2D eigenvalue weighted by Gasteiger charge is 2.01. The van der Waals surface area contributed by atoms with Gasteiger partial charge in [0.15, 0.2) is 0 Å². The van der Waals surface area contributed by atoms with Gasteiger partial charge in [-0.3, -0.25) is 4.79 Å². The molecule has 0 saturated heterocycles. The van der Waals surface area contributed by atoms with Crippen LogP contribution in [0.4, 0.5) is 5.69 Å². The van der Waals surface area contributed by atoms with Crippen molar-refractivity contribution in [3.8, 4) is 5.75 Å². The van der Waals surface area contributed by atoms with Crippen molar-refractivity contribution in [2.45, 2.75) is 13.3 Å². The second-order valence-corrected chi connectivity index (χ2v) is 5.51. The van der Waals surface area contributed by atoms with Crippen molar-refractivity contribution >= 4 is 11.6 Å². The second-order valence-electron chi connectivity index (χ2n) is 5.51. The van der Waals surface area contributed by atoms with Crippen molar-refractivity contribution in [1.29, 1.82) is 0 Å². The smallest absolute Gasteiger partial charge is 0.239 e. The van der Waals surface area contributed by atoms with Crippen molar-refractivity contribution < 1.29 is 14.3 Å². The van der Waals surface area contributed by atoms with Gasteiger partial charge in [-0.1, -0.05) is 30.3 Å². The van der Waals surface area contributed by atoms with Crippen LogP contribution in [-0.2, 0) is 16.0 Å². The summed E-state index contributed by atoms with van der Waals surface area (Å²) in [6.45, 7) is 4.65. The Kier molecular flexibility index (Phi) is 8.35. The van der Waals surface area contributed by atoms with Crippen LogP contribution in [0.1, 0.15) is 12.5 Å². The molecule has 134 valence electrons. The molecule has 5 heteroatoms. The quantitative estimate of drug-likeness (QED) is 0.617. The normalized spacial score (nSPS) is 10.3. The lowest BCUT2D eigenvalue weighted by molar-refractivity contribution is -0.119. The maximum atomic E-state index is 11.9. The molecule has 0 unspecified atom stereocenters. The van der Waals surface area contributed by atoms with E-state index in [0.29, 0.717) is 26.4 Å². The van der Waals surface area contributed by atoms with E-state index in [1.807, 2.05) is 49.4 Å². The molecule has 0 aliphatic carbocycles. The highest BCUT2D eigenvalue weighted by Crippen LogP contribution is 2.15. The molecule has 0 aliphatic heterocycles. The first-order valence-corrected chi connectivity index (χ1v) is 8.63. The minimum atomic E-state index is -0.0204. The molecular weight excluding hydrogens is 316 g/mol. The minimum Gasteiger partial charge on any atom is -0.491 e. The van der Waals surface area contributed by atoms with Gasteiger partial charge in [0, 0.05) is 18.8 Å². The number of carbonyl (C=O) groups excluding carboxylic acids is 1. The summed E-state index contributed by atoms with van der Waals surface area (Å²) >= 11 is 0. The summed E-state index contributed by atoms with van der Waals surface area (Å²) in [6, 6.07) is 17.7. The Balaban J connectivity index is 1.62. The van der Waals surface area contributed by atoms with Gasteiger partial charge in [0.05, 0.1) is 13.2 Å². The van der Waals surface area contributed by atoms with E-state index >= 15 is 0 Å². The van der Waals surface area contributed by atoms with Crippen LogP contribution < -0.4 is 15.4 Å². The van der Waals surface area contributed by atoms with Gasteiger partial charge >= 0.3 is 0 Å². The molecule has 1 amide bonds. The summed E-state index contributed by atoms with van der Waals surface area (Å²) in [6.07, 6.45) is 0.834. The number of hydrogen-bond acceptors (Lipinski definition) is 4. The van der Waals surface area contributed by atoms with E-state index in [1.54, 1.807) is 0 Å². The molecule has 0 fully saturated rings. The Morgan fingerprint density at radius 3 is 2.48 bits per heavy atom. The maximum absolute atomic E-state index is 11.9. The van der Waals surface area contributed by atoms with Crippen LogP contribution >= 0.6 is 0 Å². The van der Waals surface area contributed by atoms with Crippen molar-refractivity contribution in [3.05, 3.63) is 60.2 Å². The third-order valence-electron chi connectivity index (χ3n) is 3.59. The summed E-state index contributed by atoms with van der Waals surface area (Å²) in [7, 11) is 0. The molecule has 0 radical (unpaired) electrons. The third-order valence-corrected chi connectivity index (χ3v) is 3.59. The van der Waals surface area contributed by atoms with Gasteiger partial charge in [0.25, 0.3) is 0 Å². The van der Waals surface area contributed by atoms with E-state index < -0.39 is 0 Å². The largest absolute Gasteiger partial charge is 0.491 e. The molecule has 2 aromatic carbocycles. The van der Waals surface area contributed by atoms with Crippen molar-refractivity contribution in [2.75, 3.05) is 38.2 Å². The summed E-state index contributed by atoms with van der Waals surface area (Å²) < 4.78 is 10.8. The topological polar surface area (TPSA) is 59.6 Å². The fourth-order valence-electron chi connectivity index (χ4n) is 2.27. The minimum absolute atomic E-state index is 0.0204. The molecule has 0 bridgehead atoms.